The Balaban J connectivity index is 3.79. The Morgan fingerprint density at radius 1 is 1.46 bits per heavy atom. The van der Waals surface area contributed by atoms with Crippen LogP contribution in [-0.2, 0) is 4.79 Å². The van der Waals surface area contributed by atoms with Gasteiger partial charge in [-0.25, -0.2) is 0 Å². The standard InChI is InChI=1S/C10H22N2O/c1-8(6-5-7-11)12-9(13)10(2,3)4/h8H,5-7,11H2,1-4H3,(H,12,13). The van der Waals surface area contributed by atoms with Crippen LogP contribution in [0.1, 0.15) is 40.5 Å². The summed E-state index contributed by atoms with van der Waals surface area (Å²) in [5, 5.41) is 2.96. The fraction of sp³-hybridized carbons (Fsp3) is 0.900. The van der Waals surface area contributed by atoms with Crippen molar-refractivity contribution in [3.05, 3.63) is 0 Å². The van der Waals surface area contributed by atoms with Gasteiger partial charge >= 0.3 is 0 Å². The van der Waals surface area contributed by atoms with E-state index in [2.05, 4.69) is 5.32 Å². The molecule has 0 spiro atoms. The van der Waals surface area contributed by atoms with Crippen LogP contribution >= 0.6 is 0 Å². The Labute approximate surface area is 81.1 Å². The molecule has 0 rings (SSSR count). The van der Waals surface area contributed by atoms with Gasteiger partial charge < -0.3 is 11.1 Å². The summed E-state index contributed by atoms with van der Waals surface area (Å²) in [4.78, 5) is 11.5. The van der Waals surface area contributed by atoms with Crippen LogP contribution in [0, 0.1) is 5.41 Å². The van der Waals surface area contributed by atoms with Gasteiger partial charge in [-0.2, -0.15) is 0 Å². The fourth-order valence-corrected chi connectivity index (χ4v) is 0.937. The van der Waals surface area contributed by atoms with Crippen LogP contribution in [0.3, 0.4) is 0 Å². The number of amides is 1. The average molecular weight is 186 g/mol. The second-order valence-electron chi connectivity index (χ2n) is 4.56. The van der Waals surface area contributed by atoms with E-state index in [0.717, 1.165) is 12.8 Å². The van der Waals surface area contributed by atoms with E-state index in [9.17, 15) is 4.79 Å². The molecule has 0 aliphatic heterocycles. The van der Waals surface area contributed by atoms with Crippen molar-refractivity contribution in [3.8, 4) is 0 Å². The molecule has 0 fully saturated rings. The zero-order valence-corrected chi connectivity index (χ0v) is 9.18. The highest BCUT2D eigenvalue weighted by Gasteiger charge is 2.22. The fourth-order valence-electron chi connectivity index (χ4n) is 0.937. The molecule has 3 nitrogen and oxygen atoms in total. The van der Waals surface area contributed by atoms with Gasteiger partial charge in [0.2, 0.25) is 5.91 Å². The second kappa shape index (κ2) is 5.22. The highest BCUT2D eigenvalue weighted by molar-refractivity contribution is 5.81. The Bertz CT molecular complexity index is 161. The summed E-state index contributed by atoms with van der Waals surface area (Å²) in [6.45, 7) is 8.45. The molecule has 3 N–H and O–H groups in total. The molecule has 3 heteroatoms. The quantitative estimate of drug-likeness (QED) is 0.695. The van der Waals surface area contributed by atoms with Gasteiger partial charge in [-0.15, -0.1) is 0 Å². The highest BCUT2D eigenvalue weighted by atomic mass is 16.2. The maximum absolute atomic E-state index is 11.5. The van der Waals surface area contributed by atoms with E-state index in [1.807, 2.05) is 27.7 Å². The molecule has 1 unspecified atom stereocenters. The normalized spacial score (nSPS) is 13.9. The Morgan fingerprint density at radius 3 is 2.38 bits per heavy atom. The zero-order chi connectivity index (χ0) is 10.5. The van der Waals surface area contributed by atoms with E-state index in [4.69, 9.17) is 5.73 Å². The van der Waals surface area contributed by atoms with Crippen LogP contribution in [0.25, 0.3) is 0 Å². The molecule has 0 bridgehead atoms. The first kappa shape index (κ1) is 12.4. The van der Waals surface area contributed by atoms with Gasteiger partial charge in [0.1, 0.15) is 0 Å². The monoisotopic (exact) mass is 186 g/mol. The maximum atomic E-state index is 11.5. The van der Waals surface area contributed by atoms with E-state index < -0.39 is 0 Å². The topological polar surface area (TPSA) is 55.1 Å². The summed E-state index contributed by atoms with van der Waals surface area (Å²) in [5.41, 5.74) is 5.09. The predicted molar refractivity (Wildman–Crippen MR) is 55.3 cm³/mol. The zero-order valence-electron chi connectivity index (χ0n) is 9.18. The van der Waals surface area contributed by atoms with Gasteiger partial charge in [0.25, 0.3) is 0 Å². The van der Waals surface area contributed by atoms with Gasteiger partial charge in [-0.05, 0) is 26.3 Å². The van der Waals surface area contributed by atoms with Gasteiger partial charge in [-0.3, -0.25) is 4.79 Å². The minimum absolute atomic E-state index is 0.108. The van der Waals surface area contributed by atoms with Gasteiger partial charge in [-0.1, -0.05) is 20.8 Å². The molecule has 13 heavy (non-hydrogen) atoms. The van der Waals surface area contributed by atoms with Gasteiger partial charge in [0.15, 0.2) is 0 Å². The van der Waals surface area contributed by atoms with Crippen molar-refractivity contribution in [1.82, 2.24) is 5.32 Å². The first-order valence-corrected chi connectivity index (χ1v) is 4.89. The first-order chi connectivity index (χ1) is 5.88. The number of rotatable bonds is 4. The van der Waals surface area contributed by atoms with Crippen molar-refractivity contribution < 1.29 is 4.79 Å². The summed E-state index contributed by atoms with van der Waals surface area (Å²) in [6, 6.07) is 0.232. The number of hydrogen-bond donors (Lipinski definition) is 2. The van der Waals surface area contributed by atoms with Crippen LogP contribution in [0.4, 0.5) is 0 Å². The molecule has 0 aromatic rings. The molecule has 0 saturated carbocycles. The van der Waals surface area contributed by atoms with Gasteiger partial charge in [0.05, 0.1) is 0 Å². The minimum atomic E-state index is -0.295. The van der Waals surface area contributed by atoms with Crippen molar-refractivity contribution in [2.45, 2.75) is 46.6 Å². The lowest BCUT2D eigenvalue weighted by Crippen LogP contribution is -2.40. The Hall–Kier alpha value is -0.570. The third-order valence-corrected chi connectivity index (χ3v) is 1.90. The van der Waals surface area contributed by atoms with E-state index >= 15 is 0 Å². The van der Waals surface area contributed by atoms with Crippen LogP contribution in [0.2, 0.25) is 0 Å². The molecule has 0 heterocycles. The molecule has 1 amide bonds. The summed E-state index contributed by atoms with van der Waals surface area (Å²) in [7, 11) is 0. The van der Waals surface area contributed by atoms with Crippen molar-refractivity contribution in [2.75, 3.05) is 6.54 Å². The van der Waals surface area contributed by atoms with Gasteiger partial charge in [0, 0.05) is 11.5 Å². The molecule has 0 radical (unpaired) electrons. The Kier molecular flexibility index (Phi) is 4.99. The van der Waals surface area contributed by atoms with Crippen LogP contribution in [0.5, 0.6) is 0 Å². The number of carbonyl (C=O) groups is 1. The van der Waals surface area contributed by atoms with E-state index in [1.54, 1.807) is 0 Å². The molecule has 0 aliphatic carbocycles. The molecular weight excluding hydrogens is 164 g/mol. The van der Waals surface area contributed by atoms with Crippen molar-refractivity contribution >= 4 is 5.91 Å². The lowest BCUT2D eigenvalue weighted by molar-refractivity contribution is -0.129. The van der Waals surface area contributed by atoms with Crippen molar-refractivity contribution in [3.63, 3.8) is 0 Å². The van der Waals surface area contributed by atoms with Crippen LogP contribution in [-0.4, -0.2) is 18.5 Å². The van der Waals surface area contributed by atoms with Crippen molar-refractivity contribution in [2.24, 2.45) is 11.1 Å². The molecule has 78 valence electrons. The SMILES string of the molecule is CC(CCCN)NC(=O)C(C)(C)C. The molecule has 0 saturated heterocycles. The number of carbonyl (C=O) groups excluding carboxylic acids is 1. The van der Waals surface area contributed by atoms with E-state index in [1.165, 1.54) is 0 Å². The van der Waals surface area contributed by atoms with Crippen molar-refractivity contribution in [1.29, 1.82) is 0 Å². The lowest BCUT2D eigenvalue weighted by Gasteiger charge is -2.21. The molecule has 0 aromatic carbocycles. The third-order valence-electron chi connectivity index (χ3n) is 1.90. The maximum Gasteiger partial charge on any atom is 0.225 e. The summed E-state index contributed by atoms with van der Waals surface area (Å²) < 4.78 is 0. The molecule has 1 atom stereocenters. The summed E-state index contributed by atoms with van der Waals surface area (Å²) in [5.74, 6) is 0.108. The number of nitrogens with two attached hydrogens (primary N) is 1. The van der Waals surface area contributed by atoms with E-state index in [0.29, 0.717) is 6.54 Å². The number of hydrogen-bond acceptors (Lipinski definition) is 2. The first-order valence-electron chi connectivity index (χ1n) is 4.89. The summed E-state index contributed by atoms with van der Waals surface area (Å²) in [6.07, 6.45) is 1.92. The van der Waals surface area contributed by atoms with Crippen LogP contribution < -0.4 is 11.1 Å². The largest absolute Gasteiger partial charge is 0.353 e. The highest BCUT2D eigenvalue weighted by Crippen LogP contribution is 2.13. The molecular formula is C10H22N2O. The second-order valence-corrected chi connectivity index (χ2v) is 4.56. The summed E-state index contributed by atoms with van der Waals surface area (Å²) >= 11 is 0. The predicted octanol–water partition coefficient (Wildman–Crippen LogP) is 1.28. The average Bonchev–Trinajstić information content (AvgIpc) is 1.99. The molecule has 0 aliphatic rings. The smallest absolute Gasteiger partial charge is 0.225 e. The number of nitrogens with one attached hydrogen (secondary N) is 1. The van der Waals surface area contributed by atoms with E-state index in [-0.39, 0.29) is 17.4 Å². The van der Waals surface area contributed by atoms with Crippen LogP contribution in [0.15, 0.2) is 0 Å². The Morgan fingerprint density at radius 2 is 2.00 bits per heavy atom. The molecule has 0 aromatic heterocycles. The lowest BCUT2D eigenvalue weighted by atomic mass is 9.95. The third kappa shape index (κ3) is 5.64. The minimum Gasteiger partial charge on any atom is -0.353 e.